The van der Waals surface area contributed by atoms with Gasteiger partial charge in [0.15, 0.2) is 0 Å². The minimum Gasteiger partial charge on any atom is -0.377 e. The van der Waals surface area contributed by atoms with Crippen LogP contribution in [0.4, 0.5) is 5.69 Å². The summed E-state index contributed by atoms with van der Waals surface area (Å²) >= 11 is 1.69. The number of rotatable bonds is 8. The summed E-state index contributed by atoms with van der Waals surface area (Å²) in [5.74, 6) is -0.576. The van der Waals surface area contributed by atoms with E-state index in [1.807, 2.05) is 11.4 Å². The third kappa shape index (κ3) is 5.39. The second-order valence-electron chi connectivity index (χ2n) is 6.37. The molecule has 0 bridgehead atoms. The normalized spacial score (nSPS) is 16.7. The smallest absolute Gasteiger partial charge is 0.248 e. The van der Waals surface area contributed by atoms with Gasteiger partial charge in [-0.3, -0.25) is 14.5 Å². The fraction of sp³-hybridized carbons (Fsp3) is 0.368. The minimum atomic E-state index is -0.485. The lowest BCUT2D eigenvalue weighted by atomic mass is 10.2. The van der Waals surface area contributed by atoms with Crippen molar-refractivity contribution in [2.75, 3.05) is 25.0 Å². The van der Waals surface area contributed by atoms with Crippen molar-refractivity contribution in [3.63, 3.8) is 0 Å². The summed E-state index contributed by atoms with van der Waals surface area (Å²) in [6.07, 6.45) is 2.31. The van der Waals surface area contributed by atoms with E-state index < -0.39 is 5.91 Å². The number of carbonyl (C=O) groups is 2. The number of amides is 2. The fourth-order valence-electron chi connectivity index (χ4n) is 3.01. The highest BCUT2D eigenvalue weighted by molar-refractivity contribution is 7.09. The van der Waals surface area contributed by atoms with Gasteiger partial charge < -0.3 is 15.8 Å². The van der Waals surface area contributed by atoms with Crippen LogP contribution < -0.4 is 11.1 Å². The second kappa shape index (κ2) is 8.93. The number of nitrogens with one attached hydrogen (secondary N) is 1. The summed E-state index contributed by atoms with van der Waals surface area (Å²) in [5.41, 5.74) is 6.29. The van der Waals surface area contributed by atoms with E-state index in [2.05, 4.69) is 16.3 Å². The fourth-order valence-corrected chi connectivity index (χ4v) is 3.75. The number of hydrogen-bond acceptors (Lipinski definition) is 5. The van der Waals surface area contributed by atoms with Crippen LogP contribution in [-0.2, 0) is 16.1 Å². The average molecular weight is 373 g/mol. The zero-order valence-corrected chi connectivity index (χ0v) is 15.3. The van der Waals surface area contributed by atoms with E-state index in [0.29, 0.717) is 11.3 Å². The maximum absolute atomic E-state index is 12.5. The van der Waals surface area contributed by atoms with Crippen molar-refractivity contribution >= 4 is 28.8 Å². The third-order valence-corrected chi connectivity index (χ3v) is 5.13. The number of nitrogens with zero attached hydrogens (tertiary/aromatic N) is 1. The van der Waals surface area contributed by atoms with Crippen molar-refractivity contribution in [1.29, 1.82) is 0 Å². The molecule has 0 radical (unpaired) electrons. The monoisotopic (exact) mass is 373 g/mol. The molecule has 3 rings (SSSR count). The standard InChI is InChI=1S/C19H23N3O3S/c20-19(24)14-5-7-15(8-6-14)21-18(23)13-22(11-16-3-1-9-25-16)12-17-4-2-10-26-17/h2,4-8,10,16H,1,3,9,11-13H2,(H2,20,24)(H,21,23)/t16-/m0/s1. The Labute approximate surface area is 156 Å². The molecule has 138 valence electrons. The van der Waals surface area contributed by atoms with Crippen LogP contribution in [-0.4, -0.2) is 42.5 Å². The molecule has 6 nitrogen and oxygen atoms in total. The molecule has 0 spiro atoms. The molecule has 0 unspecified atom stereocenters. The highest BCUT2D eigenvalue weighted by atomic mass is 32.1. The van der Waals surface area contributed by atoms with Gasteiger partial charge in [-0.05, 0) is 48.6 Å². The van der Waals surface area contributed by atoms with Gasteiger partial charge in [-0.25, -0.2) is 0 Å². The van der Waals surface area contributed by atoms with E-state index in [9.17, 15) is 9.59 Å². The van der Waals surface area contributed by atoms with Crippen LogP contribution in [0.2, 0.25) is 0 Å². The molecule has 2 amide bonds. The molecule has 2 heterocycles. The van der Waals surface area contributed by atoms with E-state index in [0.717, 1.165) is 32.5 Å². The number of benzene rings is 1. The molecule has 1 fully saturated rings. The molecular weight excluding hydrogens is 350 g/mol. The molecule has 7 heteroatoms. The summed E-state index contributed by atoms with van der Waals surface area (Å²) in [6, 6.07) is 10.7. The molecule has 0 saturated carbocycles. The zero-order chi connectivity index (χ0) is 18.4. The van der Waals surface area contributed by atoms with Gasteiger partial charge in [0.25, 0.3) is 0 Å². The van der Waals surface area contributed by atoms with Crippen LogP contribution in [0.15, 0.2) is 41.8 Å². The Bertz CT molecular complexity index is 725. The minimum absolute atomic E-state index is 0.0913. The predicted molar refractivity (Wildman–Crippen MR) is 102 cm³/mol. The van der Waals surface area contributed by atoms with Gasteiger partial charge in [-0.15, -0.1) is 11.3 Å². The molecule has 26 heavy (non-hydrogen) atoms. The first-order chi connectivity index (χ1) is 12.6. The van der Waals surface area contributed by atoms with E-state index in [1.54, 1.807) is 35.6 Å². The molecule has 1 aliphatic heterocycles. The van der Waals surface area contributed by atoms with Crippen molar-refractivity contribution in [1.82, 2.24) is 4.90 Å². The highest BCUT2D eigenvalue weighted by Crippen LogP contribution is 2.17. The summed E-state index contributed by atoms with van der Waals surface area (Å²) < 4.78 is 5.72. The molecule has 1 aromatic heterocycles. The number of primary amides is 1. The second-order valence-corrected chi connectivity index (χ2v) is 7.41. The lowest BCUT2D eigenvalue weighted by Crippen LogP contribution is -2.37. The van der Waals surface area contributed by atoms with E-state index >= 15 is 0 Å². The molecule has 0 aliphatic carbocycles. The van der Waals surface area contributed by atoms with Crippen molar-refractivity contribution in [3.05, 3.63) is 52.2 Å². The molecular formula is C19H23N3O3S. The van der Waals surface area contributed by atoms with Gasteiger partial charge in [-0.1, -0.05) is 6.07 Å². The summed E-state index contributed by atoms with van der Waals surface area (Å²) in [6.45, 7) is 2.56. The number of carbonyl (C=O) groups excluding carboxylic acids is 2. The number of ether oxygens (including phenoxy) is 1. The summed E-state index contributed by atoms with van der Waals surface area (Å²) in [7, 11) is 0. The Hall–Kier alpha value is -2.22. The maximum Gasteiger partial charge on any atom is 0.248 e. The van der Waals surface area contributed by atoms with Crippen molar-refractivity contribution in [2.45, 2.75) is 25.5 Å². The van der Waals surface area contributed by atoms with E-state index in [1.165, 1.54) is 4.88 Å². The van der Waals surface area contributed by atoms with Crippen LogP contribution in [0.25, 0.3) is 0 Å². The molecule has 2 aromatic rings. The number of anilines is 1. The summed E-state index contributed by atoms with van der Waals surface area (Å²) in [4.78, 5) is 26.9. The molecule has 1 aromatic carbocycles. The van der Waals surface area contributed by atoms with E-state index in [4.69, 9.17) is 10.5 Å². The Morgan fingerprint density at radius 2 is 2.08 bits per heavy atom. The largest absolute Gasteiger partial charge is 0.377 e. The highest BCUT2D eigenvalue weighted by Gasteiger charge is 2.21. The van der Waals surface area contributed by atoms with Crippen LogP contribution in [0.5, 0.6) is 0 Å². The van der Waals surface area contributed by atoms with Gasteiger partial charge in [0, 0.05) is 35.8 Å². The lowest BCUT2D eigenvalue weighted by Gasteiger charge is -2.24. The van der Waals surface area contributed by atoms with Gasteiger partial charge in [0.05, 0.1) is 12.6 Å². The topological polar surface area (TPSA) is 84.7 Å². The van der Waals surface area contributed by atoms with Crippen LogP contribution >= 0.6 is 11.3 Å². The molecule has 1 atom stereocenters. The number of hydrogen-bond donors (Lipinski definition) is 2. The third-order valence-electron chi connectivity index (χ3n) is 4.27. The van der Waals surface area contributed by atoms with E-state index in [-0.39, 0.29) is 18.6 Å². The first-order valence-electron chi connectivity index (χ1n) is 8.66. The average Bonchev–Trinajstić information content (AvgIpc) is 3.29. The number of thiophene rings is 1. The van der Waals surface area contributed by atoms with Gasteiger partial charge >= 0.3 is 0 Å². The lowest BCUT2D eigenvalue weighted by molar-refractivity contribution is -0.117. The SMILES string of the molecule is NC(=O)c1ccc(NC(=O)CN(Cc2cccs2)C[C@@H]2CCCO2)cc1. The Balaban J connectivity index is 1.58. The Morgan fingerprint density at radius 1 is 1.27 bits per heavy atom. The van der Waals surface area contributed by atoms with Gasteiger partial charge in [0.1, 0.15) is 0 Å². The van der Waals surface area contributed by atoms with Gasteiger partial charge in [0.2, 0.25) is 11.8 Å². The molecule has 3 N–H and O–H groups in total. The molecule has 1 aliphatic rings. The molecule has 1 saturated heterocycles. The van der Waals surface area contributed by atoms with Crippen LogP contribution in [0.1, 0.15) is 28.1 Å². The maximum atomic E-state index is 12.5. The zero-order valence-electron chi connectivity index (χ0n) is 14.5. The van der Waals surface area contributed by atoms with Crippen molar-refractivity contribution < 1.29 is 14.3 Å². The van der Waals surface area contributed by atoms with Crippen molar-refractivity contribution in [3.8, 4) is 0 Å². The van der Waals surface area contributed by atoms with Crippen molar-refractivity contribution in [2.24, 2.45) is 5.73 Å². The predicted octanol–water partition coefficient (Wildman–Crippen LogP) is 2.47. The van der Waals surface area contributed by atoms with Crippen LogP contribution in [0, 0.1) is 0 Å². The van der Waals surface area contributed by atoms with Crippen LogP contribution in [0.3, 0.4) is 0 Å². The summed E-state index contributed by atoms with van der Waals surface area (Å²) in [5, 5.41) is 4.91. The first-order valence-corrected chi connectivity index (χ1v) is 9.54. The first kappa shape index (κ1) is 18.6. The Kier molecular flexibility index (Phi) is 6.38. The van der Waals surface area contributed by atoms with Gasteiger partial charge in [-0.2, -0.15) is 0 Å². The quantitative estimate of drug-likeness (QED) is 0.744. The number of nitrogens with two attached hydrogens (primary N) is 1. The Morgan fingerprint density at radius 3 is 2.69 bits per heavy atom.